The number of aromatic nitrogens is 1. The van der Waals surface area contributed by atoms with E-state index in [1.165, 1.54) is 0 Å². The normalized spacial score (nSPS) is 9.70. The largest absolute Gasteiger partial charge is 0.348 e. The van der Waals surface area contributed by atoms with Crippen LogP contribution in [0.1, 0.15) is 17.4 Å². The lowest BCUT2D eigenvalue weighted by Gasteiger charge is -1.85. The van der Waals surface area contributed by atoms with E-state index in [4.69, 9.17) is 0 Å². The smallest absolute Gasteiger partial charge is 0.175 e. The number of hydrogen-bond acceptors (Lipinski definition) is 1. The predicted octanol–water partition coefficient (Wildman–Crippen LogP) is 1.79. The molecule has 0 saturated carbocycles. The Labute approximate surface area is 69.4 Å². The van der Waals surface area contributed by atoms with Gasteiger partial charge in [0.25, 0.3) is 0 Å². The van der Waals surface area contributed by atoms with Gasteiger partial charge >= 0.3 is 0 Å². The highest BCUT2D eigenvalue weighted by Crippen LogP contribution is 2.08. The average Bonchev–Trinajstić information content (AvgIpc) is 2.34. The number of ketones is 1. The van der Waals surface area contributed by atoms with E-state index in [9.17, 15) is 4.79 Å². The molecule has 1 heterocycles. The molecule has 2 nitrogen and oxygen atoms in total. The number of carbonyl (C=O) groups excluding carboxylic acids is 1. The van der Waals surface area contributed by atoms with Crippen LogP contribution in [0.25, 0.3) is 0 Å². The predicted molar refractivity (Wildman–Crippen MR) is 50.6 cm³/mol. The molecule has 0 spiro atoms. The average molecular weight is 249 g/mol. The summed E-state index contributed by atoms with van der Waals surface area (Å²) >= 11 is -0.153. The van der Waals surface area contributed by atoms with Gasteiger partial charge in [-0.2, -0.15) is 0 Å². The molecule has 0 fully saturated rings. The van der Waals surface area contributed by atoms with Crippen LogP contribution in [0, 0.1) is 3.70 Å². The maximum absolute atomic E-state index is 10.7. The molecule has 1 aromatic heterocycles. The maximum Gasteiger partial charge on any atom is 0.175 e. The van der Waals surface area contributed by atoms with Gasteiger partial charge in [0.1, 0.15) is 0 Å². The summed E-state index contributed by atoms with van der Waals surface area (Å²) in [7, 11) is 0. The zero-order valence-electron chi connectivity index (χ0n) is 5.65. The molecule has 0 unspecified atom stereocenters. The van der Waals surface area contributed by atoms with E-state index in [-0.39, 0.29) is 26.5 Å². The molecule has 0 bridgehead atoms. The van der Waals surface area contributed by atoms with Crippen LogP contribution < -0.4 is 0 Å². The van der Waals surface area contributed by atoms with Crippen molar-refractivity contribution in [2.45, 2.75) is 6.92 Å². The van der Waals surface area contributed by atoms with Gasteiger partial charge in [-0.3, -0.25) is 4.79 Å². The van der Waals surface area contributed by atoms with Crippen molar-refractivity contribution < 1.29 is 4.79 Å². The summed E-state index contributed by atoms with van der Waals surface area (Å²) in [6, 6.07) is 3.74. The van der Waals surface area contributed by atoms with Crippen LogP contribution in [0.3, 0.4) is 0 Å². The first-order valence-electron chi connectivity index (χ1n) is 2.82. The molecule has 0 aliphatic heterocycles. The Bertz CT molecular complexity index is 264. The first kappa shape index (κ1) is 7.65. The van der Waals surface area contributed by atoms with E-state index in [1.54, 1.807) is 6.92 Å². The lowest BCUT2D eigenvalue weighted by Crippen LogP contribution is -1.90. The Hall–Kier alpha value is -0.450. The van der Waals surface area contributed by atoms with Gasteiger partial charge < -0.3 is 4.98 Å². The molecule has 10 heavy (non-hydrogen) atoms. The van der Waals surface area contributed by atoms with Crippen LogP contribution >= 0.6 is 20.7 Å². The van der Waals surface area contributed by atoms with Crippen molar-refractivity contribution in [2.75, 3.05) is 0 Å². The molecule has 1 rings (SSSR count). The molecule has 0 atom stereocenters. The summed E-state index contributed by atoms with van der Waals surface area (Å²) in [4.78, 5) is 13.7. The highest BCUT2D eigenvalue weighted by molar-refractivity contribution is 14.2. The summed E-state index contributed by atoms with van der Waals surface area (Å²) in [6.45, 7) is 1.55. The van der Waals surface area contributed by atoms with Crippen LogP contribution in [0.5, 0.6) is 0 Å². The van der Waals surface area contributed by atoms with Gasteiger partial charge in [0, 0.05) is 6.92 Å². The monoisotopic (exact) mass is 249 g/mol. The molecule has 0 aliphatic carbocycles. The lowest BCUT2D eigenvalue weighted by molar-refractivity contribution is 0.101. The Morgan fingerprint density at radius 2 is 2.40 bits per heavy atom. The lowest BCUT2D eigenvalue weighted by atomic mass is 10.3. The van der Waals surface area contributed by atoms with Gasteiger partial charge in [0.05, 0.1) is 9.39 Å². The number of nitrogens with one attached hydrogen (secondary N) is 1. The number of halogens is 1. The molecule has 0 radical (unpaired) electrons. The van der Waals surface area contributed by atoms with Crippen molar-refractivity contribution in [2.24, 2.45) is 0 Å². The fraction of sp³-hybridized carbons (Fsp3) is 0.143. The van der Waals surface area contributed by atoms with E-state index < -0.39 is 0 Å². The van der Waals surface area contributed by atoms with Crippen molar-refractivity contribution in [3.63, 3.8) is 0 Å². The summed E-state index contributed by atoms with van der Waals surface area (Å²) in [5, 5.41) is 0. The number of Topliss-reactive ketones (excluding diaryl/α,β-unsaturated/α-hetero) is 1. The number of H-pyrrole nitrogens is 1. The summed E-state index contributed by atoms with van der Waals surface area (Å²) in [5.74, 6) is 0.0868. The van der Waals surface area contributed by atoms with Gasteiger partial charge in [-0.15, -0.1) is 0 Å². The second-order valence-corrected chi connectivity index (χ2v) is 3.83. The summed E-state index contributed by atoms with van der Waals surface area (Å²) in [5.41, 5.74) is 0.693. The number of rotatable bonds is 2. The highest BCUT2D eigenvalue weighted by Gasteiger charge is 1.99. The third-order valence-electron chi connectivity index (χ3n) is 1.17. The van der Waals surface area contributed by atoms with Crippen LogP contribution in [-0.4, -0.2) is 15.3 Å². The zero-order chi connectivity index (χ0) is 7.56. The molecule has 0 amide bonds. The van der Waals surface area contributed by atoms with Gasteiger partial charge in [-0.1, -0.05) is 25.2 Å². The minimum Gasteiger partial charge on any atom is -0.348 e. The van der Waals surface area contributed by atoms with Crippen molar-refractivity contribution in [1.29, 1.82) is 0 Å². The topological polar surface area (TPSA) is 32.9 Å². The molecule has 3 heteroatoms. The first-order chi connectivity index (χ1) is 4.74. The van der Waals surface area contributed by atoms with Crippen LogP contribution in [0.15, 0.2) is 12.1 Å². The highest BCUT2D eigenvalue weighted by atomic mass is 127. The van der Waals surface area contributed by atoms with Crippen molar-refractivity contribution in [3.05, 3.63) is 21.5 Å². The van der Waals surface area contributed by atoms with Crippen LogP contribution in [0.4, 0.5) is 0 Å². The molecular formula is C7H8INO. The van der Waals surface area contributed by atoms with E-state index in [2.05, 4.69) is 9.50 Å². The molecule has 0 aromatic carbocycles. The SMILES string of the molecule is C=Ic1ccc(C(C)=O)[nH]1. The number of aromatic amines is 1. The minimum atomic E-state index is -0.153. The fourth-order valence-electron chi connectivity index (χ4n) is 0.652. The summed E-state index contributed by atoms with van der Waals surface area (Å²) in [6.07, 6.45) is 0. The first-order valence-corrected chi connectivity index (χ1v) is 5.43. The number of hydrogen-bond donors (Lipinski definition) is 1. The third kappa shape index (κ3) is 1.53. The molecule has 1 N–H and O–H groups in total. The Kier molecular flexibility index (Phi) is 2.37. The van der Waals surface area contributed by atoms with E-state index in [1.807, 2.05) is 12.1 Å². The van der Waals surface area contributed by atoms with Gasteiger partial charge in [0.15, 0.2) is 5.78 Å². The quantitative estimate of drug-likeness (QED) is 0.629. The van der Waals surface area contributed by atoms with E-state index >= 15 is 0 Å². The fourth-order valence-corrected chi connectivity index (χ4v) is 1.57. The Morgan fingerprint density at radius 3 is 2.70 bits per heavy atom. The van der Waals surface area contributed by atoms with E-state index in [0.29, 0.717) is 5.69 Å². The molecule has 0 saturated heterocycles. The Morgan fingerprint density at radius 1 is 1.70 bits per heavy atom. The van der Waals surface area contributed by atoms with Crippen molar-refractivity contribution >= 4 is 31.0 Å². The standard InChI is InChI=1S/C7H8INO/c1-5(10)6-3-4-7(8-2)9-6/h3-4,9H,2H2,1H3. The molecule has 54 valence electrons. The van der Waals surface area contributed by atoms with E-state index in [0.717, 1.165) is 3.70 Å². The number of carbonyl (C=O) groups is 1. The minimum absolute atomic E-state index is 0.0868. The molecular weight excluding hydrogens is 241 g/mol. The van der Waals surface area contributed by atoms with Crippen molar-refractivity contribution in [3.8, 4) is 0 Å². The van der Waals surface area contributed by atoms with Crippen molar-refractivity contribution in [1.82, 2.24) is 4.98 Å². The second kappa shape index (κ2) is 3.09. The van der Waals surface area contributed by atoms with Crippen LogP contribution in [0.2, 0.25) is 0 Å². The van der Waals surface area contributed by atoms with Crippen LogP contribution in [-0.2, 0) is 0 Å². The van der Waals surface area contributed by atoms with Gasteiger partial charge in [-0.05, 0) is 12.1 Å². The summed E-state index contributed by atoms with van der Waals surface area (Å²) < 4.78 is 4.91. The third-order valence-corrected chi connectivity index (χ3v) is 2.62. The molecule has 0 aliphatic rings. The zero-order valence-corrected chi connectivity index (χ0v) is 7.81. The van der Waals surface area contributed by atoms with Gasteiger partial charge in [-0.25, -0.2) is 0 Å². The molecule has 1 aromatic rings. The Balaban J connectivity index is 2.98. The second-order valence-electron chi connectivity index (χ2n) is 1.91. The maximum atomic E-state index is 10.7. The van der Waals surface area contributed by atoms with Gasteiger partial charge in [0.2, 0.25) is 0 Å².